The van der Waals surface area contributed by atoms with E-state index in [-0.39, 0.29) is 30.4 Å². The molecule has 3 aliphatic rings. The zero-order valence-corrected chi connectivity index (χ0v) is 27.2. The summed E-state index contributed by atoms with van der Waals surface area (Å²) in [6.07, 6.45) is 10.2. The van der Waals surface area contributed by atoms with Crippen LogP contribution in [0.3, 0.4) is 0 Å². The fourth-order valence-corrected chi connectivity index (χ4v) is 6.87. The fraction of sp³-hybridized carbons (Fsp3) is 0.714. The molecule has 1 aromatic rings. The van der Waals surface area contributed by atoms with Crippen molar-refractivity contribution < 1.29 is 38.1 Å². The number of cyclic esters (lactones) is 2. The van der Waals surface area contributed by atoms with Gasteiger partial charge in [-0.15, -0.1) is 0 Å². The van der Waals surface area contributed by atoms with Crippen LogP contribution in [0.1, 0.15) is 103 Å². The second-order valence-corrected chi connectivity index (χ2v) is 12.9. The number of nitrogens with zero attached hydrogens (tertiary/aromatic N) is 1. The van der Waals surface area contributed by atoms with Crippen LogP contribution >= 0.6 is 0 Å². The number of likely N-dealkylation sites (tertiary alicyclic amines) is 1. The first-order chi connectivity index (χ1) is 21.8. The van der Waals surface area contributed by atoms with Crippen LogP contribution in [0, 0.1) is 5.92 Å². The number of amides is 1. The van der Waals surface area contributed by atoms with Crippen molar-refractivity contribution in [3.05, 3.63) is 35.9 Å². The minimum absolute atomic E-state index is 0.00430. The zero-order valence-electron chi connectivity index (χ0n) is 27.2. The maximum absolute atomic E-state index is 14.1. The van der Waals surface area contributed by atoms with Crippen molar-refractivity contribution in [1.29, 1.82) is 0 Å². The number of hydrogen-bond acceptors (Lipinski definition) is 9. The van der Waals surface area contributed by atoms with Gasteiger partial charge in [0.05, 0.1) is 12.6 Å². The lowest BCUT2D eigenvalue weighted by molar-refractivity contribution is -0.156. The Morgan fingerprint density at radius 2 is 1.73 bits per heavy atom. The molecule has 2 heterocycles. The molecule has 45 heavy (non-hydrogen) atoms. The molecule has 1 N–H and O–H groups in total. The van der Waals surface area contributed by atoms with Gasteiger partial charge in [-0.1, -0.05) is 82.2 Å². The van der Waals surface area contributed by atoms with Crippen LogP contribution in [0.5, 0.6) is 0 Å². The molecule has 1 aromatic carbocycles. The topological polar surface area (TPSA) is 120 Å². The second kappa shape index (κ2) is 17.5. The third-order valence-corrected chi connectivity index (χ3v) is 9.47. The van der Waals surface area contributed by atoms with Crippen LogP contribution in [0.15, 0.2) is 30.3 Å². The Kier molecular flexibility index (Phi) is 13.5. The number of esters is 2. The van der Waals surface area contributed by atoms with E-state index in [1.54, 1.807) is 18.7 Å². The first-order valence-electron chi connectivity index (χ1n) is 17.1. The molecule has 2 aliphatic heterocycles. The lowest BCUT2D eigenvalue weighted by atomic mass is 9.84. The molecule has 250 valence electrons. The molecular formula is C35H52N2O8. The Morgan fingerprint density at radius 1 is 1.00 bits per heavy atom. The van der Waals surface area contributed by atoms with Crippen LogP contribution in [0.4, 0.5) is 4.79 Å². The van der Waals surface area contributed by atoms with Crippen LogP contribution in [-0.2, 0) is 39.8 Å². The number of ether oxygens (including phenoxy) is 4. The van der Waals surface area contributed by atoms with Gasteiger partial charge in [-0.3, -0.25) is 14.9 Å². The summed E-state index contributed by atoms with van der Waals surface area (Å²) < 4.78 is 21.4. The number of carbonyl (C=O) groups is 4. The summed E-state index contributed by atoms with van der Waals surface area (Å²) in [6, 6.07) is 7.66. The minimum atomic E-state index is -0.791. The highest BCUT2D eigenvalue weighted by Gasteiger charge is 2.49. The van der Waals surface area contributed by atoms with Crippen molar-refractivity contribution in [1.82, 2.24) is 10.2 Å². The number of hydrogen-bond donors (Lipinski definition) is 1. The number of benzene rings is 1. The van der Waals surface area contributed by atoms with Gasteiger partial charge in [0.25, 0.3) is 0 Å². The zero-order chi connectivity index (χ0) is 32.2. The molecule has 1 amide bonds. The molecule has 2 saturated heterocycles. The summed E-state index contributed by atoms with van der Waals surface area (Å²) in [5, 5.41) is 3.23. The van der Waals surface area contributed by atoms with E-state index in [1.165, 1.54) is 19.3 Å². The first-order valence-corrected chi connectivity index (χ1v) is 17.1. The van der Waals surface area contributed by atoms with Gasteiger partial charge < -0.3 is 23.8 Å². The van der Waals surface area contributed by atoms with Crippen molar-refractivity contribution in [2.24, 2.45) is 5.92 Å². The third-order valence-electron chi connectivity index (χ3n) is 9.47. The van der Waals surface area contributed by atoms with Crippen LogP contribution in [0.25, 0.3) is 0 Å². The Bertz CT molecular complexity index is 1110. The Morgan fingerprint density at radius 3 is 2.47 bits per heavy atom. The molecule has 2 unspecified atom stereocenters. The molecule has 10 heteroatoms. The smallest absolute Gasteiger partial charge is 0.464 e. The predicted molar refractivity (Wildman–Crippen MR) is 168 cm³/mol. The predicted octanol–water partition coefficient (Wildman–Crippen LogP) is 5.50. The highest BCUT2D eigenvalue weighted by atomic mass is 16.8. The van der Waals surface area contributed by atoms with E-state index in [0.717, 1.165) is 50.5 Å². The van der Waals surface area contributed by atoms with Gasteiger partial charge in [0.1, 0.15) is 24.8 Å². The molecule has 7 atom stereocenters. The Hall–Kier alpha value is -3.14. The van der Waals surface area contributed by atoms with Gasteiger partial charge >= 0.3 is 18.1 Å². The lowest BCUT2D eigenvalue weighted by Gasteiger charge is -2.35. The van der Waals surface area contributed by atoms with Gasteiger partial charge in [0.15, 0.2) is 6.10 Å². The number of aryl methyl sites for hydroxylation is 1. The number of unbranched alkanes of at least 4 members (excludes halogenated alkanes) is 5. The average Bonchev–Trinajstić information content (AvgIpc) is 3.59. The van der Waals surface area contributed by atoms with E-state index < -0.39 is 42.5 Å². The molecular weight excluding hydrogens is 576 g/mol. The summed E-state index contributed by atoms with van der Waals surface area (Å²) in [5.74, 6) is -0.776. The summed E-state index contributed by atoms with van der Waals surface area (Å²) >= 11 is 0. The molecule has 0 bridgehead atoms. The van der Waals surface area contributed by atoms with Gasteiger partial charge in [-0.2, -0.15) is 0 Å². The highest BCUT2D eigenvalue weighted by Crippen LogP contribution is 2.40. The molecule has 0 spiro atoms. The third kappa shape index (κ3) is 9.92. The van der Waals surface area contributed by atoms with E-state index in [4.69, 9.17) is 18.9 Å². The van der Waals surface area contributed by atoms with E-state index in [0.29, 0.717) is 25.9 Å². The van der Waals surface area contributed by atoms with Crippen molar-refractivity contribution in [2.45, 2.75) is 141 Å². The van der Waals surface area contributed by atoms with E-state index in [1.807, 2.05) is 30.3 Å². The maximum atomic E-state index is 14.1. The van der Waals surface area contributed by atoms with Gasteiger partial charge in [-0.25, -0.2) is 9.59 Å². The lowest BCUT2D eigenvalue weighted by Crippen LogP contribution is -2.56. The Balaban J connectivity index is 1.40. The number of nitrogens with one attached hydrogen (secondary N) is 1. The van der Waals surface area contributed by atoms with E-state index in [2.05, 4.69) is 12.2 Å². The number of carbonyl (C=O) groups excluding carboxylic acids is 4. The van der Waals surface area contributed by atoms with Gasteiger partial charge in [0.2, 0.25) is 5.91 Å². The summed E-state index contributed by atoms with van der Waals surface area (Å²) in [5.41, 5.74) is 1.06. The van der Waals surface area contributed by atoms with Crippen molar-refractivity contribution in [3.63, 3.8) is 0 Å². The monoisotopic (exact) mass is 628 g/mol. The van der Waals surface area contributed by atoms with Crippen molar-refractivity contribution in [3.8, 4) is 0 Å². The molecule has 1 aliphatic carbocycles. The van der Waals surface area contributed by atoms with Gasteiger partial charge in [-0.05, 0) is 63.9 Å². The van der Waals surface area contributed by atoms with Crippen LogP contribution in [0.2, 0.25) is 0 Å². The van der Waals surface area contributed by atoms with Crippen molar-refractivity contribution >= 4 is 24.0 Å². The minimum Gasteiger partial charge on any atom is -0.464 e. The van der Waals surface area contributed by atoms with E-state index >= 15 is 0 Å². The summed E-state index contributed by atoms with van der Waals surface area (Å²) in [4.78, 5) is 54.0. The second-order valence-electron chi connectivity index (χ2n) is 12.9. The van der Waals surface area contributed by atoms with Crippen molar-refractivity contribution in [2.75, 3.05) is 13.2 Å². The quantitative estimate of drug-likeness (QED) is 0.136. The number of fused-ring (bicyclic) bond motifs is 1. The van der Waals surface area contributed by atoms with Crippen LogP contribution in [-0.4, -0.2) is 78.5 Å². The fourth-order valence-electron chi connectivity index (χ4n) is 6.87. The molecule has 4 rings (SSSR count). The summed E-state index contributed by atoms with van der Waals surface area (Å²) in [7, 11) is 0. The molecule has 0 aromatic heterocycles. The van der Waals surface area contributed by atoms with E-state index in [9.17, 15) is 19.2 Å². The molecule has 0 radical (unpaired) electrons. The van der Waals surface area contributed by atoms with Gasteiger partial charge in [0, 0.05) is 6.04 Å². The SMILES string of the molecule is CCCCCCCCOC(=O)[C@@H]1C[C@H]2CCCC[C@@H]2N1C(=O)[C@H](C)N[C@@H](CCc1ccccc1)C(=O)OCC1OC(=O)OC1C. The standard InChI is InChI=1S/C35H52N2O8/c1-4-5-6-7-8-14-21-42-34(40)30-22-27-17-12-13-18-29(27)37(30)32(38)24(2)36-28(20-19-26-15-10-9-11-16-26)33(39)43-23-31-25(3)44-35(41)45-31/h9-11,15-16,24-25,27-31,36H,4-8,12-14,17-23H2,1-3H3/t24-,25?,27+,28-,29-,30-,31?/m0/s1. The maximum Gasteiger partial charge on any atom is 0.509 e. The molecule has 10 nitrogen and oxygen atoms in total. The molecule has 1 saturated carbocycles. The average molecular weight is 629 g/mol. The summed E-state index contributed by atoms with van der Waals surface area (Å²) in [6.45, 7) is 5.85. The normalized spacial score (nSPS) is 25.5. The molecule has 3 fully saturated rings. The highest BCUT2D eigenvalue weighted by molar-refractivity contribution is 5.89. The van der Waals surface area contributed by atoms with Crippen LogP contribution < -0.4 is 5.32 Å². The largest absolute Gasteiger partial charge is 0.509 e. The number of rotatable bonds is 17. The first kappa shape index (κ1) is 34.7. The Labute approximate surface area is 267 Å².